The minimum absolute atomic E-state index is 0.336. The van der Waals surface area contributed by atoms with E-state index in [0.717, 1.165) is 10.0 Å². The molecule has 0 unspecified atom stereocenters. The fourth-order valence-corrected chi connectivity index (χ4v) is 3.04. The molecule has 0 fully saturated rings. The van der Waals surface area contributed by atoms with Gasteiger partial charge in [-0.15, -0.1) is 0 Å². The molecule has 0 spiro atoms. The number of amides is 1. The van der Waals surface area contributed by atoms with Gasteiger partial charge >= 0.3 is 0 Å². The molecule has 138 valence electrons. The van der Waals surface area contributed by atoms with E-state index in [-0.39, 0.29) is 5.91 Å². The topological polar surface area (TPSA) is 55.1 Å². The summed E-state index contributed by atoms with van der Waals surface area (Å²) in [7, 11) is 0. The van der Waals surface area contributed by atoms with Crippen molar-refractivity contribution in [2.45, 2.75) is 0 Å². The van der Waals surface area contributed by atoms with Crippen LogP contribution in [0.1, 0.15) is 10.4 Å². The Bertz CT molecular complexity index is 1140. The van der Waals surface area contributed by atoms with E-state index in [1.807, 2.05) is 24.3 Å². The van der Waals surface area contributed by atoms with Crippen LogP contribution in [0.3, 0.4) is 0 Å². The number of halogens is 2. The monoisotopic (exact) mass is 436 g/mol. The SMILES string of the molecule is O=C(Nc1cccc(F)c1)c1ccccc1-c1ncc(-c2ccc(Br)cc2)o1. The molecular formula is C22H14BrFN2O2. The molecule has 4 aromatic rings. The quantitative estimate of drug-likeness (QED) is 0.416. The zero-order valence-corrected chi connectivity index (χ0v) is 16.1. The average molecular weight is 437 g/mol. The molecule has 0 atom stereocenters. The predicted molar refractivity (Wildman–Crippen MR) is 109 cm³/mol. The molecule has 28 heavy (non-hydrogen) atoms. The van der Waals surface area contributed by atoms with Crippen molar-refractivity contribution in [3.63, 3.8) is 0 Å². The van der Waals surface area contributed by atoms with Crippen LogP contribution in [-0.2, 0) is 0 Å². The molecule has 0 radical (unpaired) electrons. The number of benzene rings is 3. The standard InChI is InChI=1S/C22H14BrFN2O2/c23-15-10-8-14(9-11-15)20-13-25-22(28-20)19-7-2-1-6-18(19)21(27)26-17-5-3-4-16(24)12-17/h1-13H,(H,26,27). The van der Waals surface area contributed by atoms with E-state index in [9.17, 15) is 9.18 Å². The number of anilines is 1. The molecule has 3 aromatic carbocycles. The van der Waals surface area contributed by atoms with Gasteiger partial charge in [-0.1, -0.05) is 46.3 Å². The van der Waals surface area contributed by atoms with Crippen molar-refractivity contribution in [1.29, 1.82) is 0 Å². The maximum Gasteiger partial charge on any atom is 0.256 e. The van der Waals surface area contributed by atoms with Crippen molar-refractivity contribution >= 4 is 27.5 Å². The van der Waals surface area contributed by atoms with E-state index in [1.165, 1.54) is 18.2 Å². The van der Waals surface area contributed by atoms with Crippen LogP contribution in [0.25, 0.3) is 22.8 Å². The molecule has 0 aliphatic carbocycles. The summed E-state index contributed by atoms with van der Waals surface area (Å²) >= 11 is 3.40. The summed E-state index contributed by atoms with van der Waals surface area (Å²) in [5, 5.41) is 2.70. The van der Waals surface area contributed by atoms with Crippen LogP contribution < -0.4 is 5.32 Å². The fraction of sp³-hybridized carbons (Fsp3) is 0. The number of oxazole rings is 1. The fourth-order valence-electron chi connectivity index (χ4n) is 2.78. The lowest BCUT2D eigenvalue weighted by molar-refractivity contribution is 0.102. The maximum absolute atomic E-state index is 13.4. The lowest BCUT2D eigenvalue weighted by Crippen LogP contribution is -2.13. The van der Waals surface area contributed by atoms with Gasteiger partial charge in [-0.3, -0.25) is 4.79 Å². The molecule has 0 aliphatic heterocycles. The number of hydrogen-bond acceptors (Lipinski definition) is 3. The molecule has 0 bridgehead atoms. The minimum Gasteiger partial charge on any atom is -0.436 e. The van der Waals surface area contributed by atoms with Gasteiger partial charge in [0, 0.05) is 21.3 Å². The van der Waals surface area contributed by atoms with Crippen molar-refractivity contribution < 1.29 is 13.6 Å². The number of nitrogens with zero attached hydrogens (tertiary/aromatic N) is 1. The van der Waals surface area contributed by atoms with Gasteiger partial charge in [-0.05, 0) is 42.5 Å². The van der Waals surface area contributed by atoms with Gasteiger partial charge in [0.1, 0.15) is 5.82 Å². The van der Waals surface area contributed by atoms with E-state index < -0.39 is 5.82 Å². The Morgan fingerprint density at radius 2 is 1.79 bits per heavy atom. The van der Waals surface area contributed by atoms with Gasteiger partial charge in [0.15, 0.2) is 5.76 Å². The number of aromatic nitrogens is 1. The van der Waals surface area contributed by atoms with Crippen molar-refractivity contribution in [3.8, 4) is 22.8 Å². The van der Waals surface area contributed by atoms with Crippen LogP contribution in [0.4, 0.5) is 10.1 Å². The number of nitrogens with one attached hydrogen (secondary N) is 1. The van der Waals surface area contributed by atoms with Crippen molar-refractivity contribution in [2.24, 2.45) is 0 Å². The second kappa shape index (κ2) is 7.78. The zero-order valence-electron chi connectivity index (χ0n) is 14.5. The summed E-state index contributed by atoms with van der Waals surface area (Å²) in [6.45, 7) is 0. The highest BCUT2D eigenvalue weighted by Gasteiger charge is 2.17. The summed E-state index contributed by atoms with van der Waals surface area (Å²) in [4.78, 5) is 17.1. The van der Waals surface area contributed by atoms with E-state index in [4.69, 9.17) is 4.42 Å². The number of carbonyl (C=O) groups excluding carboxylic acids is 1. The summed E-state index contributed by atoms with van der Waals surface area (Å²) in [6, 6.07) is 20.4. The Hall–Kier alpha value is -3.25. The third-order valence-electron chi connectivity index (χ3n) is 4.12. The molecule has 0 saturated heterocycles. The van der Waals surface area contributed by atoms with Crippen molar-refractivity contribution in [3.05, 3.63) is 94.8 Å². The average Bonchev–Trinajstić information content (AvgIpc) is 3.18. The predicted octanol–water partition coefficient (Wildman–Crippen LogP) is 6.16. The van der Waals surface area contributed by atoms with Crippen LogP contribution in [-0.4, -0.2) is 10.9 Å². The van der Waals surface area contributed by atoms with Gasteiger partial charge in [-0.2, -0.15) is 0 Å². The van der Waals surface area contributed by atoms with E-state index in [1.54, 1.807) is 36.5 Å². The summed E-state index contributed by atoms with van der Waals surface area (Å²) in [5.74, 6) is 0.147. The molecule has 1 N–H and O–H groups in total. The maximum atomic E-state index is 13.4. The van der Waals surface area contributed by atoms with Gasteiger partial charge in [0.2, 0.25) is 5.89 Å². The second-order valence-corrected chi connectivity index (χ2v) is 6.96. The highest BCUT2D eigenvalue weighted by molar-refractivity contribution is 9.10. The van der Waals surface area contributed by atoms with E-state index in [0.29, 0.717) is 28.5 Å². The summed E-state index contributed by atoms with van der Waals surface area (Å²) < 4.78 is 20.2. The highest BCUT2D eigenvalue weighted by Crippen LogP contribution is 2.29. The third-order valence-corrected chi connectivity index (χ3v) is 4.65. The van der Waals surface area contributed by atoms with Crippen molar-refractivity contribution in [1.82, 2.24) is 4.98 Å². The minimum atomic E-state index is -0.419. The largest absolute Gasteiger partial charge is 0.436 e. The first kappa shape index (κ1) is 18.1. The molecule has 1 amide bonds. The third kappa shape index (κ3) is 3.87. The summed E-state index contributed by atoms with van der Waals surface area (Å²) in [6.07, 6.45) is 1.62. The van der Waals surface area contributed by atoms with Crippen LogP contribution in [0.2, 0.25) is 0 Å². The molecule has 6 heteroatoms. The molecule has 0 aliphatic rings. The first-order valence-corrected chi connectivity index (χ1v) is 9.27. The molecular weight excluding hydrogens is 423 g/mol. The molecule has 0 saturated carbocycles. The smallest absolute Gasteiger partial charge is 0.256 e. The van der Waals surface area contributed by atoms with Gasteiger partial charge < -0.3 is 9.73 Å². The number of hydrogen-bond donors (Lipinski definition) is 1. The highest BCUT2D eigenvalue weighted by atomic mass is 79.9. The van der Waals surface area contributed by atoms with Crippen LogP contribution in [0.5, 0.6) is 0 Å². The number of carbonyl (C=O) groups is 1. The van der Waals surface area contributed by atoms with Crippen LogP contribution in [0.15, 0.2) is 87.9 Å². The van der Waals surface area contributed by atoms with E-state index >= 15 is 0 Å². The summed E-state index contributed by atoms with van der Waals surface area (Å²) in [5.41, 5.74) is 2.20. The van der Waals surface area contributed by atoms with Gasteiger partial charge in [0.05, 0.1) is 11.8 Å². The van der Waals surface area contributed by atoms with Crippen LogP contribution >= 0.6 is 15.9 Å². The molecule has 4 nitrogen and oxygen atoms in total. The molecule has 1 heterocycles. The molecule has 4 rings (SSSR count). The first-order chi connectivity index (χ1) is 13.6. The van der Waals surface area contributed by atoms with Gasteiger partial charge in [-0.25, -0.2) is 9.37 Å². The van der Waals surface area contributed by atoms with Crippen molar-refractivity contribution in [2.75, 3.05) is 5.32 Å². The van der Waals surface area contributed by atoms with Crippen LogP contribution in [0, 0.1) is 5.82 Å². The molecule has 1 aromatic heterocycles. The first-order valence-electron chi connectivity index (χ1n) is 8.48. The second-order valence-electron chi connectivity index (χ2n) is 6.05. The Labute approximate surface area is 169 Å². The Morgan fingerprint density at radius 3 is 2.57 bits per heavy atom. The Kier molecular flexibility index (Phi) is 5.04. The normalized spacial score (nSPS) is 10.6. The zero-order chi connectivity index (χ0) is 19.5. The van der Waals surface area contributed by atoms with Gasteiger partial charge in [0.25, 0.3) is 5.91 Å². The lowest BCUT2D eigenvalue weighted by atomic mass is 10.1. The Morgan fingerprint density at radius 1 is 1.00 bits per heavy atom. The Balaban J connectivity index is 1.65. The lowest BCUT2D eigenvalue weighted by Gasteiger charge is -2.08. The number of rotatable bonds is 4. The van der Waals surface area contributed by atoms with E-state index in [2.05, 4.69) is 26.2 Å².